The number of hydrogen-bond donors (Lipinski definition) is 2. The third kappa shape index (κ3) is 2.89. The highest BCUT2D eigenvalue weighted by Gasteiger charge is 2.35. The maximum atomic E-state index is 13.1. The molecule has 0 fully saturated rings. The second-order valence-electron chi connectivity index (χ2n) is 5.93. The van der Waals surface area contributed by atoms with Crippen molar-refractivity contribution < 1.29 is 14.3 Å². The summed E-state index contributed by atoms with van der Waals surface area (Å²) in [6.45, 7) is 0.224. The Morgan fingerprint density at radius 2 is 1.96 bits per heavy atom. The molecule has 0 saturated carbocycles. The number of para-hydroxylation sites is 1. The number of hydrogen-bond acceptors (Lipinski definition) is 4. The number of nitrogens with zero attached hydrogens (tertiary/aromatic N) is 1. The number of amides is 1. The minimum absolute atomic E-state index is 0.120. The van der Waals surface area contributed by atoms with Crippen LogP contribution in [0.15, 0.2) is 59.2 Å². The second kappa shape index (κ2) is 6.59. The quantitative estimate of drug-likeness (QED) is 0.657. The van der Waals surface area contributed by atoms with Gasteiger partial charge < -0.3 is 19.7 Å². The Hall–Kier alpha value is -2.63. The Labute approximate surface area is 159 Å². The van der Waals surface area contributed by atoms with Gasteiger partial charge >= 0.3 is 0 Å². The molecule has 0 spiro atoms. The molecule has 1 amide bonds. The van der Waals surface area contributed by atoms with Gasteiger partial charge in [0, 0.05) is 16.3 Å². The van der Waals surface area contributed by atoms with Crippen molar-refractivity contribution in [3.8, 4) is 5.75 Å². The van der Waals surface area contributed by atoms with Crippen LogP contribution >= 0.6 is 23.2 Å². The highest BCUT2D eigenvalue weighted by Crippen LogP contribution is 2.41. The highest BCUT2D eigenvalue weighted by molar-refractivity contribution is 6.35. The van der Waals surface area contributed by atoms with Crippen molar-refractivity contribution in [2.45, 2.75) is 12.7 Å². The number of aromatic hydroxyl groups is 1. The molecule has 7 heteroatoms. The Kier molecular flexibility index (Phi) is 4.26. The van der Waals surface area contributed by atoms with Crippen molar-refractivity contribution in [3.63, 3.8) is 0 Å². The summed E-state index contributed by atoms with van der Waals surface area (Å²) in [5.74, 6) is 0.318. The van der Waals surface area contributed by atoms with E-state index in [4.69, 9.17) is 27.6 Å². The van der Waals surface area contributed by atoms with Gasteiger partial charge in [-0.2, -0.15) is 0 Å². The normalized spacial score (nSPS) is 16.3. The maximum Gasteiger partial charge on any atom is 0.258 e. The van der Waals surface area contributed by atoms with Gasteiger partial charge in [0.1, 0.15) is 17.7 Å². The van der Waals surface area contributed by atoms with Crippen LogP contribution in [0.5, 0.6) is 5.75 Å². The summed E-state index contributed by atoms with van der Waals surface area (Å²) >= 11 is 12.2. The molecular formula is C19H14Cl2N2O3. The number of fused-ring (bicyclic) bond motifs is 1. The van der Waals surface area contributed by atoms with Crippen LogP contribution in [0.25, 0.3) is 0 Å². The van der Waals surface area contributed by atoms with Crippen molar-refractivity contribution in [1.29, 1.82) is 0 Å². The molecule has 1 unspecified atom stereocenters. The lowest BCUT2D eigenvalue weighted by Gasteiger charge is -2.38. The summed E-state index contributed by atoms with van der Waals surface area (Å²) in [4.78, 5) is 14.7. The average Bonchev–Trinajstić information content (AvgIpc) is 3.14. The number of halogens is 2. The van der Waals surface area contributed by atoms with Crippen molar-refractivity contribution in [3.05, 3.63) is 81.7 Å². The fourth-order valence-electron chi connectivity index (χ4n) is 3.07. The molecule has 1 aliphatic heterocycles. The van der Waals surface area contributed by atoms with Crippen LogP contribution in [0.1, 0.15) is 27.8 Å². The van der Waals surface area contributed by atoms with Crippen molar-refractivity contribution in [2.24, 2.45) is 0 Å². The van der Waals surface area contributed by atoms with Crippen LogP contribution < -0.4 is 5.32 Å². The number of rotatable bonds is 3. The number of phenols is 1. The zero-order chi connectivity index (χ0) is 18.3. The minimum Gasteiger partial charge on any atom is -0.506 e. The van der Waals surface area contributed by atoms with Crippen LogP contribution in [0.4, 0.5) is 5.69 Å². The first-order chi connectivity index (χ1) is 12.5. The van der Waals surface area contributed by atoms with Gasteiger partial charge in [-0.15, -0.1) is 0 Å². The molecule has 2 aromatic carbocycles. The zero-order valence-electron chi connectivity index (χ0n) is 13.4. The van der Waals surface area contributed by atoms with Crippen LogP contribution in [0.2, 0.25) is 10.0 Å². The van der Waals surface area contributed by atoms with E-state index >= 15 is 0 Å². The van der Waals surface area contributed by atoms with Crippen LogP contribution in [-0.4, -0.2) is 15.9 Å². The summed E-state index contributed by atoms with van der Waals surface area (Å²) in [5.41, 5.74) is 1.63. The molecule has 0 bridgehead atoms. The van der Waals surface area contributed by atoms with Gasteiger partial charge in [-0.05, 0) is 36.4 Å². The molecule has 132 valence electrons. The molecule has 0 saturated heterocycles. The Bertz CT molecular complexity index is 973. The van der Waals surface area contributed by atoms with Crippen LogP contribution in [-0.2, 0) is 6.54 Å². The predicted octanol–water partition coefficient (Wildman–Crippen LogP) is 5.06. The molecule has 0 radical (unpaired) electrons. The average molecular weight is 389 g/mol. The Morgan fingerprint density at radius 1 is 1.15 bits per heavy atom. The SMILES string of the molecule is O=C1c2ccccc2NC(c2cc(Cl)cc(Cl)c2O)N1Cc1ccco1. The molecule has 4 rings (SSSR count). The number of anilines is 1. The zero-order valence-corrected chi connectivity index (χ0v) is 15.0. The highest BCUT2D eigenvalue weighted by atomic mass is 35.5. The van der Waals surface area contributed by atoms with E-state index in [1.807, 2.05) is 12.1 Å². The Morgan fingerprint density at radius 3 is 2.73 bits per heavy atom. The molecule has 1 atom stereocenters. The van der Waals surface area contributed by atoms with Crippen LogP contribution in [0, 0.1) is 0 Å². The number of carbonyl (C=O) groups excluding carboxylic acids is 1. The van der Waals surface area contributed by atoms with E-state index in [0.717, 1.165) is 0 Å². The smallest absolute Gasteiger partial charge is 0.258 e. The third-order valence-corrected chi connectivity index (χ3v) is 4.79. The van der Waals surface area contributed by atoms with Crippen molar-refractivity contribution in [2.75, 3.05) is 5.32 Å². The van der Waals surface area contributed by atoms with Crippen molar-refractivity contribution in [1.82, 2.24) is 4.90 Å². The molecule has 26 heavy (non-hydrogen) atoms. The first-order valence-corrected chi connectivity index (χ1v) is 8.67. The molecule has 2 heterocycles. The molecular weight excluding hydrogens is 375 g/mol. The van der Waals surface area contributed by atoms with Gasteiger partial charge in [0.05, 0.1) is 23.4 Å². The van der Waals surface area contributed by atoms with Gasteiger partial charge in [-0.1, -0.05) is 35.3 Å². The first-order valence-electron chi connectivity index (χ1n) is 7.91. The molecule has 2 N–H and O–H groups in total. The monoisotopic (exact) mass is 388 g/mol. The van der Waals surface area contributed by atoms with Crippen LogP contribution in [0.3, 0.4) is 0 Å². The van der Waals surface area contributed by atoms with Gasteiger partial charge in [0.2, 0.25) is 0 Å². The van der Waals surface area contributed by atoms with E-state index in [2.05, 4.69) is 5.32 Å². The van der Waals surface area contributed by atoms with Gasteiger partial charge in [0.15, 0.2) is 0 Å². The molecule has 1 aromatic heterocycles. The first kappa shape index (κ1) is 16.8. The summed E-state index contributed by atoms with van der Waals surface area (Å²) < 4.78 is 5.40. The molecule has 0 aliphatic carbocycles. The van der Waals surface area contributed by atoms with E-state index in [9.17, 15) is 9.90 Å². The van der Waals surface area contributed by atoms with E-state index in [1.165, 1.54) is 6.07 Å². The number of carbonyl (C=O) groups is 1. The lowest BCUT2D eigenvalue weighted by Crippen LogP contribution is -2.42. The van der Waals surface area contributed by atoms with E-state index in [0.29, 0.717) is 27.6 Å². The van der Waals surface area contributed by atoms with Crippen molar-refractivity contribution >= 4 is 34.8 Å². The Balaban J connectivity index is 1.83. The minimum atomic E-state index is -0.654. The second-order valence-corrected chi connectivity index (χ2v) is 6.77. The summed E-state index contributed by atoms with van der Waals surface area (Å²) in [7, 11) is 0. The summed E-state index contributed by atoms with van der Waals surface area (Å²) in [5, 5.41) is 14.2. The van der Waals surface area contributed by atoms with Gasteiger partial charge in [-0.3, -0.25) is 4.79 Å². The lowest BCUT2D eigenvalue weighted by atomic mass is 10.0. The molecule has 1 aliphatic rings. The molecule has 3 aromatic rings. The number of nitrogens with one attached hydrogen (secondary N) is 1. The summed E-state index contributed by atoms with van der Waals surface area (Å²) in [6, 6.07) is 13.8. The largest absolute Gasteiger partial charge is 0.506 e. The number of benzene rings is 2. The van der Waals surface area contributed by atoms with E-state index < -0.39 is 6.17 Å². The van der Waals surface area contributed by atoms with Gasteiger partial charge in [-0.25, -0.2) is 0 Å². The topological polar surface area (TPSA) is 65.7 Å². The maximum absolute atomic E-state index is 13.1. The summed E-state index contributed by atoms with van der Waals surface area (Å²) in [6.07, 6.45) is 0.895. The predicted molar refractivity (Wildman–Crippen MR) is 99.5 cm³/mol. The number of furan rings is 1. The van der Waals surface area contributed by atoms with E-state index in [-0.39, 0.29) is 23.2 Å². The standard InChI is InChI=1S/C19H14Cl2N2O3/c20-11-8-14(17(24)15(21)9-11)18-22-16-6-2-1-5-13(16)19(25)23(18)10-12-4-3-7-26-12/h1-9,18,22,24H,10H2. The van der Waals surface area contributed by atoms with Gasteiger partial charge in [0.25, 0.3) is 5.91 Å². The molecule has 5 nitrogen and oxygen atoms in total. The number of phenolic OH excluding ortho intramolecular Hbond substituents is 1. The fourth-order valence-corrected chi connectivity index (χ4v) is 3.58. The third-order valence-electron chi connectivity index (χ3n) is 4.28. The lowest BCUT2D eigenvalue weighted by molar-refractivity contribution is 0.0649. The van der Waals surface area contributed by atoms with E-state index in [1.54, 1.807) is 41.5 Å². The fraction of sp³-hybridized carbons (Fsp3) is 0.105.